The minimum atomic E-state index is -1.73. The number of nitro groups is 1. The fourth-order valence-corrected chi connectivity index (χ4v) is 4.18. The number of nitrogens with one attached hydrogen (secondary N) is 5. The van der Waals surface area contributed by atoms with Crippen molar-refractivity contribution >= 4 is 24.9 Å². The molecule has 0 saturated carbocycles. The molecular weight excluding hydrogens is 491 g/mol. The lowest BCUT2D eigenvalue weighted by atomic mass is 9.75. The molecule has 220 valence electrons. The fourth-order valence-electron chi connectivity index (χ4n) is 4.18. The minimum Gasteiger partial charge on any atom is -0.426 e. The van der Waals surface area contributed by atoms with Gasteiger partial charge < -0.3 is 26.0 Å². The fraction of sp³-hybridized carbons (Fsp3) is 0.880. The number of guanidine groups is 1. The smallest absolute Gasteiger partial charge is 0.426 e. The van der Waals surface area contributed by atoms with Gasteiger partial charge in [-0.25, -0.2) is 10.1 Å². The number of rotatable bonds is 23. The van der Waals surface area contributed by atoms with Crippen molar-refractivity contribution in [3.63, 3.8) is 0 Å². The lowest BCUT2D eigenvalue weighted by molar-refractivity contribution is -0.525. The Morgan fingerprint density at radius 2 is 1.47 bits per heavy atom. The van der Waals surface area contributed by atoms with Crippen molar-refractivity contribution in [2.24, 2.45) is 5.92 Å². The summed E-state index contributed by atoms with van der Waals surface area (Å²) in [5, 5.41) is 44.2. The van der Waals surface area contributed by atoms with Crippen LogP contribution < -0.4 is 21.4 Å². The summed E-state index contributed by atoms with van der Waals surface area (Å²) in [6, 6.07) is -0.900. The van der Waals surface area contributed by atoms with Gasteiger partial charge in [-0.15, -0.1) is 0 Å². The zero-order chi connectivity index (χ0) is 28.8. The van der Waals surface area contributed by atoms with Gasteiger partial charge in [-0.3, -0.25) is 15.0 Å². The lowest BCUT2D eigenvalue weighted by Crippen LogP contribution is -2.54. The van der Waals surface area contributed by atoms with Gasteiger partial charge in [0.2, 0.25) is 11.8 Å². The van der Waals surface area contributed by atoms with Crippen LogP contribution in [-0.2, 0) is 9.59 Å². The highest BCUT2D eigenvalue weighted by atomic mass is 16.7. The number of hydrazine groups is 1. The molecule has 0 aromatic rings. The van der Waals surface area contributed by atoms with Crippen LogP contribution in [0.25, 0.3) is 0 Å². The van der Waals surface area contributed by atoms with Crippen molar-refractivity contribution in [2.75, 3.05) is 6.54 Å². The molecule has 0 unspecified atom stereocenters. The van der Waals surface area contributed by atoms with Crippen molar-refractivity contribution in [3.8, 4) is 0 Å². The molecule has 12 nitrogen and oxygen atoms in total. The Kier molecular flexibility index (Phi) is 21.1. The Balaban J connectivity index is 4.58. The summed E-state index contributed by atoms with van der Waals surface area (Å²) in [5.74, 6) is -2.00. The van der Waals surface area contributed by atoms with Crippen molar-refractivity contribution < 1.29 is 24.7 Å². The van der Waals surface area contributed by atoms with Crippen molar-refractivity contribution in [3.05, 3.63) is 10.1 Å². The van der Waals surface area contributed by atoms with Crippen LogP contribution >= 0.6 is 0 Å². The van der Waals surface area contributed by atoms with E-state index in [0.717, 1.165) is 25.7 Å². The monoisotopic (exact) mass is 542 g/mol. The molecule has 13 heteroatoms. The summed E-state index contributed by atoms with van der Waals surface area (Å²) in [6.45, 7) is 6.19. The largest absolute Gasteiger partial charge is 0.475 e. The molecule has 0 aliphatic rings. The maximum atomic E-state index is 12.9. The lowest BCUT2D eigenvalue weighted by Gasteiger charge is -2.24. The van der Waals surface area contributed by atoms with Gasteiger partial charge in [0, 0.05) is 13.0 Å². The van der Waals surface area contributed by atoms with E-state index in [2.05, 4.69) is 22.9 Å². The third-order valence-corrected chi connectivity index (χ3v) is 6.25. The Morgan fingerprint density at radius 3 is 1.97 bits per heavy atom. The van der Waals surface area contributed by atoms with E-state index in [-0.39, 0.29) is 24.8 Å². The molecule has 38 heavy (non-hydrogen) atoms. The molecule has 0 spiro atoms. The van der Waals surface area contributed by atoms with Gasteiger partial charge in [0.05, 0.1) is 5.94 Å². The van der Waals surface area contributed by atoms with Crippen molar-refractivity contribution in [1.82, 2.24) is 21.4 Å². The number of unbranched alkanes of at least 4 members (excludes halogenated alkanes) is 10. The standard InChI is InChI=1S/C25H51BN6O6/c1-4-5-6-7-8-9-10-11-12-13-14-17-23(33)29-21(16-15-18-28-25(27)31-32(37)38)24(34)30-22(26(35)36)19-20(2)3/h20-22,35-36H,4-19H2,1-3H3,(H,29,33)(H,30,34)(H3,27,28,31)/t21-,22-/m0/s1. The van der Waals surface area contributed by atoms with E-state index in [1.165, 1.54) is 44.9 Å². The van der Waals surface area contributed by atoms with Crippen molar-refractivity contribution in [1.29, 1.82) is 5.41 Å². The van der Waals surface area contributed by atoms with Gasteiger partial charge in [-0.1, -0.05) is 90.4 Å². The molecule has 0 aliphatic heterocycles. The molecule has 0 rings (SSSR count). The van der Waals surface area contributed by atoms with Gasteiger partial charge in [0.25, 0.3) is 5.96 Å². The molecule has 2 amide bonds. The second-order valence-corrected chi connectivity index (χ2v) is 10.4. The summed E-state index contributed by atoms with van der Waals surface area (Å²) >= 11 is 0. The predicted molar refractivity (Wildman–Crippen MR) is 150 cm³/mol. The van der Waals surface area contributed by atoms with Crippen LogP contribution in [0, 0.1) is 21.4 Å². The molecule has 0 aromatic heterocycles. The number of nitrogens with zero attached hydrogens (tertiary/aromatic N) is 1. The Hall–Kier alpha value is -2.41. The van der Waals surface area contributed by atoms with Crippen molar-refractivity contribution in [2.45, 2.75) is 129 Å². The topological polar surface area (TPSA) is 190 Å². The number of amides is 2. The molecule has 0 heterocycles. The highest BCUT2D eigenvalue weighted by molar-refractivity contribution is 6.43. The maximum Gasteiger partial charge on any atom is 0.475 e. The minimum absolute atomic E-state index is 0.112. The van der Waals surface area contributed by atoms with E-state index in [0.29, 0.717) is 19.3 Å². The van der Waals surface area contributed by atoms with Gasteiger partial charge in [0.1, 0.15) is 6.04 Å². The summed E-state index contributed by atoms with van der Waals surface area (Å²) in [7, 11) is -1.73. The second kappa shape index (κ2) is 22.6. The maximum absolute atomic E-state index is 12.9. The van der Waals surface area contributed by atoms with Gasteiger partial charge in [-0.2, -0.15) is 0 Å². The van der Waals surface area contributed by atoms with Crippen LogP contribution in [-0.4, -0.2) is 58.5 Å². The van der Waals surface area contributed by atoms with Crippen LogP contribution in [0.15, 0.2) is 0 Å². The van der Waals surface area contributed by atoms with E-state index in [4.69, 9.17) is 5.41 Å². The Morgan fingerprint density at radius 1 is 0.921 bits per heavy atom. The molecule has 0 saturated heterocycles. The normalized spacial score (nSPS) is 12.5. The number of hydrogen-bond donors (Lipinski definition) is 7. The van der Waals surface area contributed by atoms with E-state index < -0.39 is 36.0 Å². The van der Waals surface area contributed by atoms with E-state index in [9.17, 15) is 29.8 Å². The quantitative estimate of drug-likeness (QED) is 0.0256. The first-order valence-corrected chi connectivity index (χ1v) is 14.3. The summed E-state index contributed by atoms with van der Waals surface area (Å²) in [4.78, 5) is 35.8. The van der Waals surface area contributed by atoms with E-state index in [1.54, 1.807) is 5.43 Å². The molecule has 0 aliphatic carbocycles. The van der Waals surface area contributed by atoms with Crippen LogP contribution in [0.1, 0.15) is 117 Å². The molecular formula is C25H51BN6O6. The average molecular weight is 543 g/mol. The first-order chi connectivity index (χ1) is 18.1. The SMILES string of the molecule is CCCCCCCCCCCCCC(=O)N[C@@H](CCCNC(=N)N[N+](=O)[O-])C(=O)N[C@@H](CC(C)C)B(O)O. The first kappa shape index (κ1) is 35.6. The van der Waals surface area contributed by atoms with E-state index in [1.807, 2.05) is 13.8 Å². The summed E-state index contributed by atoms with van der Waals surface area (Å²) in [6.07, 6.45) is 14.1. The zero-order valence-electron chi connectivity index (χ0n) is 23.6. The van der Waals surface area contributed by atoms with Gasteiger partial charge in [0.15, 0.2) is 5.03 Å². The third-order valence-electron chi connectivity index (χ3n) is 6.25. The number of carbonyl (C=O) groups is 2. The van der Waals surface area contributed by atoms with Crippen LogP contribution in [0.3, 0.4) is 0 Å². The van der Waals surface area contributed by atoms with Crippen LogP contribution in [0.2, 0.25) is 0 Å². The summed E-state index contributed by atoms with van der Waals surface area (Å²) in [5.41, 5.74) is 1.69. The second-order valence-electron chi connectivity index (χ2n) is 10.4. The first-order valence-electron chi connectivity index (χ1n) is 14.3. The highest BCUT2D eigenvalue weighted by Gasteiger charge is 2.29. The van der Waals surface area contributed by atoms with Gasteiger partial charge in [-0.05, 0) is 31.6 Å². The highest BCUT2D eigenvalue weighted by Crippen LogP contribution is 2.12. The number of carbonyl (C=O) groups excluding carboxylic acids is 2. The molecule has 0 fully saturated rings. The molecule has 7 N–H and O–H groups in total. The Labute approximate surface area is 228 Å². The van der Waals surface area contributed by atoms with Gasteiger partial charge >= 0.3 is 7.12 Å². The third kappa shape index (κ3) is 20.6. The number of hydrogen-bond acceptors (Lipinski definition) is 7. The molecule has 0 aromatic carbocycles. The summed E-state index contributed by atoms with van der Waals surface area (Å²) < 4.78 is 0. The predicted octanol–water partition coefficient (Wildman–Crippen LogP) is 2.80. The zero-order valence-corrected chi connectivity index (χ0v) is 23.6. The van der Waals surface area contributed by atoms with Crippen LogP contribution in [0.4, 0.5) is 0 Å². The molecule has 0 bridgehead atoms. The Bertz CT molecular complexity index is 683. The average Bonchev–Trinajstić information content (AvgIpc) is 2.83. The van der Waals surface area contributed by atoms with E-state index >= 15 is 0 Å². The van der Waals surface area contributed by atoms with Crippen LogP contribution in [0.5, 0.6) is 0 Å². The molecule has 2 atom stereocenters. The molecule has 0 radical (unpaired) electrons.